The standard InChI is InChI=1S/C19H24N2O4S2/c1-25-17-5-2-4-16(12-17)14-20-18(22)13-15-7-9-21(10-8-15)27(23,24)19-6-3-11-26-19/h2-6,11-12,15H,7-10,13-14H2,1H3,(H,20,22). The molecule has 1 N–H and O–H groups in total. The maximum Gasteiger partial charge on any atom is 0.252 e. The lowest BCUT2D eigenvalue weighted by molar-refractivity contribution is -0.122. The minimum absolute atomic E-state index is 0.00242. The van der Waals surface area contributed by atoms with Crippen LogP contribution >= 0.6 is 11.3 Å². The van der Waals surface area contributed by atoms with Crippen LogP contribution in [-0.2, 0) is 21.4 Å². The van der Waals surface area contributed by atoms with Crippen molar-refractivity contribution in [2.75, 3.05) is 20.2 Å². The SMILES string of the molecule is COc1cccc(CNC(=O)CC2CCN(S(=O)(=O)c3cccs3)CC2)c1. The molecule has 3 rings (SSSR count). The number of benzene rings is 1. The van der Waals surface area contributed by atoms with Crippen molar-refractivity contribution in [1.29, 1.82) is 0 Å². The van der Waals surface area contributed by atoms with Gasteiger partial charge in [0, 0.05) is 26.1 Å². The first-order valence-electron chi connectivity index (χ1n) is 8.92. The van der Waals surface area contributed by atoms with E-state index in [4.69, 9.17) is 4.74 Å². The van der Waals surface area contributed by atoms with Gasteiger partial charge in [-0.25, -0.2) is 8.42 Å². The van der Waals surface area contributed by atoms with E-state index in [0.717, 1.165) is 11.3 Å². The van der Waals surface area contributed by atoms with Crippen LogP contribution in [-0.4, -0.2) is 38.8 Å². The topological polar surface area (TPSA) is 75.7 Å². The molecule has 0 unspecified atom stereocenters. The molecule has 1 amide bonds. The van der Waals surface area contributed by atoms with E-state index in [1.54, 1.807) is 24.6 Å². The Morgan fingerprint density at radius 3 is 2.70 bits per heavy atom. The number of rotatable bonds is 7. The van der Waals surface area contributed by atoms with Crippen molar-refractivity contribution in [3.05, 3.63) is 47.3 Å². The molecule has 0 atom stereocenters. The third-order valence-electron chi connectivity index (χ3n) is 4.76. The van der Waals surface area contributed by atoms with Crippen LogP contribution in [0, 0.1) is 5.92 Å². The lowest BCUT2D eigenvalue weighted by Crippen LogP contribution is -2.39. The average Bonchev–Trinajstić information content (AvgIpc) is 3.23. The van der Waals surface area contributed by atoms with Crippen LogP contribution in [0.3, 0.4) is 0 Å². The summed E-state index contributed by atoms with van der Waals surface area (Å²) in [5.74, 6) is 0.976. The number of thiophene rings is 1. The van der Waals surface area contributed by atoms with Gasteiger partial charge in [-0.3, -0.25) is 4.79 Å². The minimum atomic E-state index is -3.38. The van der Waals surface area contributed by atoms with Crippen LogP contribution < -0.4 is 10.1 Å². The largest absolute Gasteiger partial charge is 0.497 e. The highest BCUT2D eigenvalue weighted by molar-refractivity contribution is 7.91. The van der Waals surface area contributed by atoms with Crippen LogP contribution in [0.25, 0.3) is 0 Å². The summed E-state index contributed by atoms with van der Waals surface area (Å²) in [4.78, 5) is 12.2. The van der Waals surface area contributed by atoms with E-state index >= 15 is 0 Å². The third kappa shape index (κ3) is 5.09. The van der Waals surface area contributed by atoms with Gasteiger partial charge in [-0.1, -0.05) is 18.2 Å². The molecule has 146 valence electrons. The smallest absolute Gasteiger partial charge is 0.252 e. The van der Waals surface area contributed by atoms with E-state index in [-0.39, 0.29) is 11.8 Å². The first-order chi connectivity index (χ1) is 13.0. The summed E-state index contributed by atoms with van der Waals surface area (Å²) < 4.78 is 32.2. The molecule has 27 heavy (non-hydrogen) atoms. The van der Waals surface area contributed by atoms with Gasteiger partial charge in [0.1, 0.15) is 9.96 Å². The molecule has 1 aliphatic rings. The zero-order valence-electron chi connectivity index (χ0n) is 15.3. The van der Waals surface area contributed by atoms with E-state index in [2.05, 4.69) is 5.32 Å². The van der Waals surface area contributed by atoms with Crippen molar-refractivity contribution in [2.45, 2.75) is 30.0 Å². The molecule has 0 radical (unpaired) electrons. The maximum absolute atomic E-state index is 12.5. The van der Waals surface area contributed by atoms with Crippen LogP contribution in [0.1, 0.15) is 24.8 Å². The van der Waals surface area contributed by atoms with Crippen LogP contribution in [0.2, 0.25) is 0 Å². The Bertz CT molecular complexity index is 858. The minimum Gasteiger partial charge on any atom is -0.497 e. The van der Waals surface area contributed by atoms with E-state index in [0.29, 0.717) is 43.1 Å². The average molecular weight is 409 g/mol. The number of nitrogens with one attached hydrogen (secondary N) is 1. The fraction of sp³-hybridized carbons (Fsp3) is 0.421. The summed E-state index contributed by atoms with van der Waals surface area (Å²) in [7, 11) is -1.77. The number of ether oxygens (including phenoxy) is 1. The van der Waals surface area contributed by atoms with Gasteiger partial charge in [-0.05, 0) is 47.9 Å². The van der Waals surface area contributed by atoms with Crippen molar-refractivity contribution in [1.82, 2.24) is 9.62 Å². The highest BCUT2D eigenvalue weighted by Crippen LogP contribution is 2.27. The van der Waals surface area contributed by atoms with Crippen molar-refractivity contribution < 1.29 is 17.9 Å². The number of carbonyl (C=O) groups is 1. The van der Waals surface area contributed by atoms with Gasteiger partial charge in [0.15, 0.2) is 0 Å². The molecule has 0 aliphatic carbocycles. The summed E-state index contributed by atoms with van der Waals surface area (Å²) in [6.45, 7) is 1.39. The zero-order valence-corrected chi connectivity index (χ0v) is 16.9. The number of piperidine rings is 1. The lowest BCUT2D eigenvalue weighted by atomic mass is 9.94. The number of amides is 1. The Labute approximate surface area is 164 Å². The molecule has 1 saturated heterocycles. The summed E-state index contributed by atoms with van der Waals surface area (Å²) >= 11 is 1.24. The van der Waals surface area contributed by atoms with Crippen LogP contribution in [0.4, 0.5) is 0 Å². The van der Waals surface area contributed by atoms with Crippen LogP contribution in [0.5, 0.6) is 5.75 Å². The molecule has 6 nitrogen and oxygen atoms in total. The second kappa shape index (κ2) is 8.86. The Morgan fingerprint density at radius 2 is 2.04 bits per heavy atom. The van der Waals surface area contributed by atoms with Gasteiger partial charge >= 0.3 is 0 Å². The number of methoxy groups -OCH3 is 1. The van der Waals surface area contributed by atoms with Gasteiger partial charge in [0.05, 0.1) is 7.11 Å². The molecular weight excluding hydrogens is 384 g/mol. The second-order valence-corrected chi connectivity index (χ2v) is 9.72. The highest BCUT2D eigenvalue weighted by Gasteiger charge is 2.30. The number of sulfonamides is 1. The van der Waals surface area contributed by atoms with Crippen LogP contribution in [0.15, 0.2) is 46.0 Å². The Hall–Kier alpha value is -1.90. The summed E-state index contributed by atoms with van der Waals surface area (Å²) in [5.41, 5.74) is 0.986. The predicted octanol–water partition coefficient (Wildman–Crippen LogP) is 2.86. The van der Waals surface area contributed by atoms with E-state index in [1.807, 2.05) is 24.3 Å². The first-order valence-corrected chi connectivity index (χ1v) is 11.2. The summed E-state index contributed by atoms with van der Waals surface area (Å²) in [5, 5.41) is 4.71. The molecule has 0 saturated carbocycles. The fourth-order valence-electron chi connectivity index (χ4n) is 3.21. The Morgan fingerprint density at radius 1 is 1.26 bits per heavy atom. The maximum atomic E-state index is 12.5. The van der Waals surface area contributed by atoms with E-state index < -0.39 is 10.0 Å². The Kier molecular flexibility index (Phi) is 6.51. The van der Waals surface area contributed by atoms with E-state index in [9.17, 15) is 13.2 Å². The molecule has 8 heteroatoms. The molecule has 1 aromatic heterocycles. The monoisotopic (exact) mass is 408 g/mol. The molecule has 2 heterocycles. The molecule has 1 aliphatic heterocycles. The highest BCUT2D eigenvalue weighted by atomic mass is 32.2. The summed E-state index contributed by atoms with van der Waals surface area (Å²) in [6, 6.07) is 11.0. The molecule has 1 fully saturated rings. The van der Waals surface area contributed by atoms with Gasteiger partial charge < -0.3 is 10.1 Å². The van der Waals surface area contributed by atoms with Gasteiger partial charge in [0.2, 0.25) is 5.91 Å². The third-order valence-corrected chi connectivity index (χ3v) is 8.03. The van der Waals surface area contributed by atoms with Crippen molar-refractivity contribution in [3.8, 4) is 5.75 Å². The second-order valence-electron chi connectivity index (χ2n) is 6.61. The number of hydrogen-bond acceptors (Lipinski definition) is 5. The molecule has 2 aromatic rings. The molecular formula is C19H24N2O4S2. The quantitative estimate of drug-likeness (QED) is 0.764. The molecule has 1 aromatic carbocycles. The first kappa shape index (κ1) is 19.9. The molecule has 0 bridgehead atoms. The van der Waals surface area contributed by atoms with Gasteiger partial charge in [0.25, 0.3) is 10.0 Å². The van der Waals surface area contributed by atoms with E-state index in [1.165, 1.54) is 15.6 Å². The number of carbonyl (C=O) groups excluding carboxylic acids is 1. The number of nitrogens with zero attached hydrogens (tertiary/aromatic N) is 1. The van der Waals surface area contributed by atoms with Crippen molar-refractivity contribution in [2.24, 2.45) is 5.92 Å². The van der Waals surface area contributed by atoms with Crippen molar-refractivity contribution >= 4 is 27.3 Å². The number of hydrogen-bond donors (Lipinski definition) is 1. The fourth-order valence-corrected chi connectivity index (χ4v) is 5.82. The van der Waals surface area contributed by atoms with Gasteiger partial charge in [-0.15, -0.1) is 11.3 Å². The van der Waals surface area contributed by atoms with Crippen molar-refractivity contribution in [3.63, 3.8) is 0 Å². The normalized spacial score (nSPS) is 16.2. The predicted molar refractivity (Wildman–Crippen MR) is 105 cm³/mol. The Balaban J connectivity index is 1.45. The lowest BCUT2D eigenvalue weighted by Gasteiger charge is -2.30. The zero-order chi connectivity index (χ0) is 19.3. The molecule has 0 spiro atoms. The summed E-state index contributed by atoms with van der Waals surface area (Å²) in [6.07, 6.45) is 1.84. The van der Waals surface area contributed by atoms with Gasteiger partial charge in [-0.2, -0.15) is 4.31 Å².